The second kappa shape index (κ2) is 6.51. The van der Waals surface area contributed by atoms with Crippen molar-refractivity contribution >= 4 is 23.4 Å². The predicted octanol–water partition coefficient (Wildman–Crippen LogP) is 1.81. The average Bonchev–Trinajstić information content (AvgIpc) is 3.25. The van der Waals surface area contributed by atoms with Gasteiger partial charge >= 0.3 is 6.09 Å². The van der Waals surface area contributed by atoms with Gasteiger partial charge < -0.3 is 19.7 Å². The van der Waals surface area contributed by atoms with Crippen LogP contribution in [-0.4, -0.2) is 50.4 Å². The van der Waals surface area contributed by atoms with E-state index in [2.05, 4.69) is 11.9 Å². The normalized spacial score (nSPS) is 23.8. The number of halogens is 1. The maximum absolute atomic E-state index is 14.8. The van der Waals surface area contributed by atoms with Gasteiger partial charge in [-0.1, -0.05) is 6.58 Å². The predicted molar refractivity (Wildman–Crippen MR) is 93.1 cm³/mol. The third-order valence-electron chi connectivity index (χ3n) is 4.98. The van der Waals surface area contributed by atoms with E-state index in [1.807, 2.05) is 4.90 Å². The Balaban J connectivity index is 1.53. The molecule has 0 radical (unpaired) electrons. The lowest BCUT2D eigenvalue weighted by Gasteiger charge is -2.34. The van der Waals surface area contributed by atoms with Gasteiger partial charge in [-0.25, -0.2) is 9.18 Å². The quantitative estimate of drug-likeness (QED) is 0.829. The molecule has 138 valence electrons. The Morgan fingerprint density at radius 3 is 3.12 bits per heavy atom. The minimum atomic E-state index is -0.572. The smallest absolute Gasteiger partial charge is 0.414 e. The number of carbonyl (C=O) groups excluding carboxylic acids is 2. The van der Waals surface area contributed by atoms with Crippen LogP contribution in [-0.2, 0) is 9.53 Å². The molecule has 7 nitrogen and oxygen atoms in total. The lowest BCUT2D eigenvalue weighted by molar-refractivity contribution is -0.116. The van der Waals surface area contributed by atoms with Gasteiger partial charge in [0.05, 0.1) is 24.8 Å². The lowest BCUT2D eigenvalue weighted by Crippen LogP contribution is -2.39. The number of fused-ring (bicyclic) bond motifs is 3. The van der Waals surface area contributed by atoms with Crippen molar-refractivity contribution in [2.45, 2.75) is 25.0 Å². The zero-order valence-corrected chi connectivity index (χ0v) is 14.2. The van der Waals surface area contributed by atoms with Crippen molar-refractivity contribution < 1.29 is 23.5 Å². The van der Waals surface area contributed by atoms with Crippen LogP contribution in [0.3, 0.4) is 0 Å². The highest BCUT2D eigenvalue weighted by Crippen LogP contribution is 2.42. The van der Waals surface area contributed by atoms with E-state index >= 15 is 0 Å². The van der Waals surface area contributed by atoms with Gasteiger partial charge in [-0.3, -0.25) is 9.69 Å². The number of amides is 2. The van der Waals surface area contributed by atoms with Crippen molar-refractivity contribution in [1.29, 1.82) is 0 Å². The maximum Gasteiger partial charge on any atom is 0.414 e. The molecule has 4 rings (SSSR count). The molecule has 0 saturated carbocycles. The fourth-order valence-corrected chi connectivity index (χ4v) is 3.72. The molecule has 2 saturated heterocycles. The molecule has 2 atom stereocenters. The zero-order valence-electron chi connectivity index (χ0n) is 14.2. The van der Waals surface area contributed by atoms with Crippen molar-refractivity contribution in [2.75, 3.05) is 36.0 Å². The van der Waals surface area contributed by atoms with Crippen LogP contribution < -0.4 is 19.9 Å². The zero-order chi connectivity index (χ0) is 18.3. The molecule has 0 bridgehead atoms. The Morgan fingerprint density at radius 2 is 2.31 bits per heavy atom. The molecule has 3 heterocycles. The van der Waals surface area contributed by atoms with Crippen molar-refractivity contribution in [3.05, 3.63) is 30.6 Å². The SMILES string of the molecule is C=CC(=O)NC[C@H]1CN(c2cc(F)c3c(c2)OC[C@@H]2CCCN32)C(=O)O1. The summed E-state index contributed by atoms with van der Waals surface area (Å²) in [4.78, 5) is 26.8. The van der Waals surface area contributed by atoms with Gasteiger partial charge in [0.2, 0.25) is 5.91 Å². The van der Waals surface area contributed by atoms with Gasteiger partial charge in [-0.2, -0.15) is 0 Å². The highest BCUT2D eigenvalue weighted by molar-refractivity contribution is 5.91. The number of ether oxygens (including phenoxy) is 2. The van der Waals surface area contributed by atoms with E-state index in [1.54, 1.807) is 6.07 Å². The fraction of sp³-hybridized carbons (Fsp3) is 0.444. The second-order valence-electron chi connectivity index (χ2n) is 6.64. The molecule has 1 N–H and O–H groups in total. The number of cyclic esters (lactones) is 1. The summed E-state index contributed by atoms with van der Waals surface area (Å²) in [7, 11) is 0. The molecular weight excluding hydrogens is 341 g/mol. The van der Waals surface area contributed by atoms with Crippen molar-refractivity contribution in [1.82, 2.24) is 5.32 Å². The van der Waals surface area contributed by atoms with Crippen LogP contribution in [0.2, 0.25) is 0 Å². The molecule has 0 aromatic heterocycles. The molecule has 3 aliphatic rings. The molecule has 8 heteroatoms. The van der Waals surface area contributed by atoms with Crippen molar-refractivity contribution in [3.63, 3.8) is 0 Å². The molecule has 2 amide bonds. The number of nitrogens with one attached hydrogen (secondary N) is 1. The van der Waals surface area contributed by atoms with E-state index in [0.29, 0.717) is 23.7 Å². The van der Waals surface area contributed by atoms with Crippen LogP contribution in [0, 0.1) is 5.82 Å². The highest BCUT2D eigenvalue weighted by atomic mass is 19.1. The number of nitrogens with zero attached hydrogens (tertiary/aromatic N) is 2. The summed E-state index contributed by atoms with van der Waals surface area (Å²) in [5.41, 5.74) is 0.867. The molecule has 0 unspecified atom stereocenters. The third kappa shape index (κ3) is 2.85. The second-order valence-corrected chi connectivity index (χ2v) is 6.64. The van der Waals surface area contributed by atoms with Crippen LogP contribution in [0.25, 0.3) is 0 Å². The summed E-state index contributed by atoms with van der Waals surface area (Å²) in [5.74, 6) is -0.289. The van der Waals surface area contributed by atoms with E-state index < -0.39 is 18.0 Å². The maximum atomic E-state index is 14.8. The van der Waals surface area contributed by atoms with E-state index in [1.165, 1.54) is 11.0 Å². The largest absolute Gasteiger partial charge is 0.489 e. The van der Waals surface area contributed by atoms with Crippen molar-refractivity contribution in [2.24, 2.45) is 0 Å². The summed E-state index contributed by atoms with van der Waals surface area (Å²) >= 11 is 0. The van der Waals surface area contributed by atoms with E-state index in [9.17, 15) is 14.0 Å². The number of anilines is 2. The molecule has 26 heavy (non-hydrogen) atoms. The van der Waals surface area contributed by atoms with E-state index in [0.717, 1.165) is 25.5 Å². The summed E-state index contributed by atoms with van der Waals surface area (Å²) in [6.07, 6.45) is 2.09. The molecule has 1 aromatic carbocycles. The molecule has 0 aliphatic carbocycles. The average molecular weight is 361 g/mol. The number of hydrogen-bond donors (Lipinski definition) is 1. The third-order valence-corrected chi connectivity index (χ3v) is 4.98. The molecular formula is C18H20FN3O4. The molecule has 1 aromatic rings. The molecule has 0 spiro atoms. The minimum Gasteiger partial charge on any atom is -0.489 e. The molecule has 3 aliphatic heterocycles. The van der Waals surface area contributed by atoms with Gasteiger partial charge in [0, 0.05) is 18.7 Å². The van der Waals surface area contributed by atoms with Crippen LogP contribution in [0.5, 0.6) is 5.75 Å². The fourth-order valence-electron chi connectivity index (χ4n) is 3.72. The summed E-state index contributed by atoms with van der Waals surface area (Å²) in [6.45, 7) is 5.10. The first-order valence-electron chi connectivity index (χ1n) is 8.68. The van der Waals surface area contributed by atoms with Crippen LogP contribution in [0.4, 0.5) is 20.6 Å². The van der Waals surface area contributed by atoms with Gasteiger partial charge in [-0.05, 0) is 18.9 Å². The standard InChI is InChI=1S/C18H20FN3O4/c1-2-16(23)20-8-13-9-22(18(24)26-13)12-6-14(19)17-15(7-12)25-10-11-4-3-5-21(11)17/h2,6-7,11,13H,1,3-5,8-10H2,(H,20,23)/t11-,13-/m0/s1. The van der Waals surface area contributed by atoms with E-state index in [4.69, 9.17) is 9.47 Å². The number of benzene rings is 1. The van der Waals surface area contributed by atoms with Gasteiger partial charge in [0.25, 0.3) is 0 Å². The summed E-state index contributed by atoms with van der Waals surface area (Å²) in [5, 5.41) is 2.59. The first kappa shape index (κ1) is 16.7. The summed E-state index contributed by atoms with van der Waals surface area (Å²) < 4.78 is 25.8. The number of carbonyl (C=O) groups is 2. The number of rotatable bonds is 4. The Hall–Kier alpha value is -2.77. The van der Waals surface area contributed by atoms with E-state index in [-0.39, 0.29) is 25.0 Å². The van der Waals surface area contributed by atoms with Crippen LogP contribution >= 0.6 is 0 Å². The first-order chi connectivity index (χ1) is 12.6. The van der Waals surface area contributed by atoms with Crippen LogP contribution in [0.1, 0.15) is 12.8 Å². The number of hydrogen-bond acceptors (Lipinski definition) is 5. The van der Waals surface area contributed by atoms with Gasteiger partial charge in [0.15, 0.2) is 5.82 Å². The van der Waals surface area contributed by atoms with Crippen LogP contribution in [0.15, 0.2) is 24.8 Å². The molecule has 2 fully saturated rings. The topological polar surface area (TPSA) is 71.1 Å². The lowest BCUT2D eigenvalue weighted by atomic mass is 10.1. The Bertz CT molecular complexity index is 769. The minimum absolute atomic E-state index is 0.173. The monoisotopic (exact) mass is 361 g/mol. The summed E-state index contributed by atoms with van der Waals surface area (Å²) in [6, 6.07) is 3.24. The first-order valence-corrected chi connectivity index (χ1v) is 8.68. The van der Waals surface area contributed by atoms with Gasteiger partial charge in [-0.15, -0.1) is 0 Å². The van der Waals surface area contributed by atoms with Gasteiger partial charge in [0.1, 0.15) is 24.1 Å². The Morgan fingerprint density at radius 1 is 1.46 bits per heavy atom. The Kier molecular flexibility index (Phi) is 4.18. The van der Waals surface area contributed by atoms with Crippen molar-refractivity contribution in [3.8, 4) is 5.75 Å². The Labute approximate surface area is 150 Å². The highest BCUT2D eigenvalue weighted by Gasteiger charge is 2.37.